The second-order valence-electron chi connectivity index (χ2n) is 2.30. The maximum atomic E-state index is 5.76. The molecule has 1 heterocycles. The van der Waals surface area contributed by atoms with Crippen LogP contribution in [0.2, 0.25) is 0 Å². The number of alkyl halides is 1. The number of hydrogen-bond acceptors (Lipinski definition) is 3. The highest BCUT2D eigenvalue weighted by Crippen LogP contribution is 2.21. The van der Waals surface area contributed by atoms with E-state index in [4.69, 9.17) is 11.6 Å². The van der Waals surface area contributed by atoms with Crippen molar-refractivity contribution >= 4 is 29.4 Å². The van der Waals surface area contributed by atoms with Gasteiger partial charge < -0.3 is 4.31 Å². The van der Waals surface area contributed by atoms with Gasteiger partial charge in [-0.25, -0.2) is 4.98 Å². The van der Waals surface area contributed by atoms with Gasteiger partial charge in [-0.2, -0.15) is 0 Å². The SMILES string of the molecule is CSN(C)c1ncccc1CCl. The Morgan fingerprint density at radius 1 is 1.67 bits per heavy atom. The molecule has 0 spiro atoms. The summed E-state index contributed by atoms with van der Waals surface area (Å²) in [6.45, 7) is 0. The van der Waals surface area contributed by atoms with Crippen LogP contribution in [0.15, 0.2) is 18.3 Å². The van der Waals surface area contributed by atoms with Crippen LogP contribution < -0.4 is 4.31 Å². The van der Waals surface area contributed by atoms with Gasteiger partial charge in [0.1, 0.15) is 5.82 Å². The van der Waals surface area contributed by atoms with Crippen LogP contribution in [0.25, 0.3) is 0 Å². The first-order chi connectivity index (χ1) is 5.79. The molecule has 1 rings (SSSR count). The van der Waals surface area contributed by atoms with Gasteiger partial charge in [-0.15, -0.1) is 11.6 Å². The Hall–Kier alpha value is -0.410. The monoisotopic (exact) mass is 202 g/mol. The van der Waals surface area contributed by atoms with Crippen LogP contribution in [0.3, 0.4) is 0 Å². The smallest absolute Gasteiger partial charge is 0.142 e. The first-order valence-electron chi connectivity index (χ1n) is 3.57. The molecule has 66 valence electrons. The number of nitrogens with zero attached hydrogens (tertiary/aromatic N) is 2. The van der Waals surface area contributed by atoms with Gasteiger partial charge in [0.25, 0.3) is 0 Å². The van der Waals surface area contributed by atoms with E-state index in [9.17, 15) is 0 Å². The van der Waals surface area contributed by atoms with Crippen molar-refractivity contribution in [3.8, 4) is 0 Å². The van der Waals surface area contributed by atoms with E-state index in [1.807, 2.05) is 29.7 Å². The zero-order valence-electron chi connectivity index (χ0n) is 7.12. The number of anilines is 1. The third-order valence-electron chi connectivity index (χ3n) is 1.58. The quantitative estimate of drug-likeness (QED) is 0.554. The fourth-order valence-corrected chi connectivity index (χ4v) is 1.45. The maximum Gasteiger partial charge on any atom is 0.142 e. The van der Waals surface area contributed by atoms with E-state index >= 15 is 0 Å². The summed E-state index contributed by atoms with van der Waals surface area (Å²) in [4.78, 5) is 4.24. The molecule has 0 saturated heterocycles. The van der Waals surface area contributed by atoms with Crippen LogP contribution in [0, 0.1) is 0 Å². The molecule has 0 unspecified atom stereocenters. The third kappa shape index (κ3) is 2.05. The zero-order chi connectivity index (χ0) is 8.97. The maximum absolute atomic E-state index is 5.76. The molecule has 0 aliphatic carbocycles. The molecule has 12 heavy (non-hydrogen) atoms. The van der Waals surface area contributed by atoms with Crippen molar-refractivity contribution in [2.75, 3.05) is 17.6 Å². The lowest BCUT2D eigenvalue weighted by molar-refractivity contribution is 1.17. The van der Waals surface area contributed by atoms with Crippen LogP contribution >= 0.6 is 23.5 Å². The molecule has 0 radical (unpaired) electrons. The van der Waals surface area contributed by atoms with Crippen molar-refractivity contribution in [1.29, 1.82) is 0 Å². The third-order valence-corrected chi connectivity index (χ3v) is 2.59. The van der Waals surface area contributed by atoms with Crippen molar-refractivity contribution in [3.63, 3.8) is 0 Å². The van der Waals surface area contributed by atoms with E-state index in [1.165, 1.54) is 0 Å². The molecule has 1 aromatic rings. The fourth-order valence-electron chi connectivity index (χ4n) is 0.905. The summed E-state index contributed by atoms with van der Waals surface area (Å²) in [5.74, 6) is 1.45. The molecule has 1 aromatic heterocycles. The standard InChI is InChI=1S/C8H11ClN2S/c1-11(12-2)8-7(6-9)4-3-5-10-8/h3-5H,6H2,1-2H3. The number of pyridine rings is 1. The van der Waals surface area contributed by atoms with Gasteiger partial charge in [0.05, 0.1) is 5.88 Å². The molecule has 4 heteroatoms. The molecule has 0 fully saturated rings. The van der Waals surface area contributed by atoms with Gasteiger partial charge in [0.2, 0.25) is 0 Å². The molecule has 0 N–H and O–H groups in total. The molecule has 0 aromatic carbocycles. The van der Waals surface area contributed by atoms with Crippen LogP contribution in [-0.4, -0.2) is 18.3 Å². The van der Waals surface area contributed by atoms with Crippen LogP contribution in [0.5, 0.6) is 0 Å². The molecule has 2 nitrogen and oxygen atoms in total. The molecule has 0 atom stereocenters. The summed E-state index contributed by atoms with van der Waals surface area (Å²) in [7, 11) is 1.98. The molecular formula is C8H11ClN2S. The lowest BCUT2D eigenvalue weighted by atomic mass is 10.3. The summed E-state index contributed by atoms with van der Waals surface area (Å²) in [5.41, 5.74) is 1.07. The average Bonchev–Trinajstić information content (AvgIpc) is 2.16. The van der Waals surface area contributed by atoms with Gasteiger partial charge in [-0.1, -0.05) is 18.0 Å². The Morgan fingerprint density at radius 2 is 2.42 bits per heavy atom. The lowest BCUT2D eigenvalue weighted by Gasteiger charge is -2.16. The van der Waals surface area contributed by atoms with Crippen molar-refractivity contribution in [2.45, 2.75) is 5.88 Å². The Balaban J connectivity index is 2.96. The molecule has 0 amide bonds. The van der Waals surface area contributed by atoms with Crippen LogP contribution in [-0.2, 0) is 5.88 Å². The summed E-state index contributed by atoms with van der Waals surface area (Å²) in [5, 5.41) is 0. The largest absolute Gasteiger partial charge is 0.304 e. The number of aromatic nitrogens is 1. The van der Waals surface area contributed by atoms with E-state index < -0.39 is 0 Å². The van der Waals surface area contributed by atoms with E-state index in [1.54, 1.807) is 18.1 Å². The predicted molar refractivity (Wildman–Crippen MR) is 55.7 cm³/mol. The number of rotatable bonds is 3. The normalized spacial score (nSPS) is 9.92. The first-order valence-corrected chi connectivity index (χ1v) is 5.29. The first kappa shape index (κ1) is 9.68. The lowest BCUT2D eigenvalue weighted by Crippen LogP contribution is -2.09. The Kier molecular flexibility index (Phi) is 3.69. The van der Waals surface area contributed by atoms with Crippen LogP contribution in [0.1, 0.15) is 5.56 Å². The summed E-state index contributed by atoms with van der Waals surface area (Å²) >= 11 is 7.38. The van der Waals surface area contributed by atoms with Gasteiger partial charge in [0, 0.05) is 25.1 Å². The van der Waals surface area contributed by atoms with E-state index in [-0.39, 0.29) is 0 Å². The van der Waals surface area contributed by atoms with Crippen LogP contribution in [0.4, 0.5) is 5.82 Å². The number of halogens is 1. The highest BCUT2D eigenvalue weighted by atomic mass is 35.5. The Bertz CT molecular complexity index is 255. The summed E-state index contributed by atoms with van der Waals surface area (Å²) in [6.07, 6.45) is 3.78. The Morgan fingerprint density at radius 3 is 3.00 bits per heavy atom. The van der Waals surface area contributed by atoms with Gasteiger partial charge in [0.15, 0.2) is 0 Å². The molecule has 0 aliphatic heterocycles. The number of hydrogen-bond donors (Lipinski definition) is 0. The summed E-state index contributed by atoms with van der Waals surface area (Å²) < 4.78 is 2.00. The molecule has 0 bridgehead atoms. The minimum atomic E-state index is 0.508. The van der Waals surface area contributed by atoms with Gasteiger partial charge >= 0.3 is 0 Å². The predicted octanol–water partition coefficient (Wildman–Crippen LogP) is 2.53. The van der Waals surface area contributed by atoms with Crippen molar-refractivity contribution in [3.05, 3.63) is 23.9 Å². The minimum absolute atomic E-state index is 0.508. The van der Waals surface area contributed by atoms with Crippen molar-refractivity contribution < 1.29 is 0 Å². The summed E-state index contributed by atoms with van der Waals surface area (Å²) in [6, 6.07) is 3.89. The second-order valence-corrected chi connectivity index (χ2v) is 3.48. The molecule has 0 saturated carbocycles. The Labute approximate surface area is 82.1 Å². The van der Waals surface area contributed by atoms with E-state index in [2.05, 4.69) is 4.98 Å². The zero-order valence-corrected chi connectivity index (χ0v) is 8.69. The minimum Gasteiger partial charge on any atom is -0.304 e. The highest BCUT2D eigenvalue weighted by Gasteiger charge is 2.05. The van der Waals surface area contributed by atoms with Gasteiger partial charge in [-0.3, -0.25) is 0 Å². The average molecular weight is 203 g/mol. The van der Waals surface area contributed by atoms with Gasteiger partial charge in [-0.05, 0) is 6.07 Å². The van der Waals surface area contributed by atoms with E-state index in [0.29, 0.717) is 5.88 Å². The molecular weight excluding hydrogens is 192 g/mol. The molecule has 0 aliphatic rings. The van der Waals surface area contributed by atoms with E-state index in [0.717, 1.165) is 11.4 Å². The topological polar surface area (TPSA) is 16.1 Å². The van der Waals surface area contributed by atoms with Crippen molar-refractivity contribution in [1.82, 2.24) is 4.98 Å². The highest BCUT2D eigenvalue weighted by molar-refractivity contribution is 7.99. The van der Waals surface area contributed by atoms with Crippen molar-refractivity contribution in [2.24, 2.45) is 0 Å². The second kappa shape index (κ2) is 4.58. The fraction of sp³-hybridized carbons (Fsp3) is 0.375.